The molecule has 1 fully saturated rings. The maximum absolute atomic E-state index is 2.85. The molecule has 5 heterocycles. The van der Waals surface area contributed by atoms with Crippen LogP contribution in [-0.4, -0.2) is 36.8 Å². The second kappa shape index (κ2) is 18.0. The van der Waals surface area contributed by atoms with E-state index >= 15 is 0 Å². The fourth-order valence-electron chi connectivity index (χ4n) is 16.1. The Morgan fingerprint density at radius 1 is 0.481 bits per heavy atom. The third kappa shape index (κ3) is 7.23. The summed E-state index contributed by atoms with van der Waals surface area (Å²) in [5, 5.41) is 1.42. The van der Waals surface area contributed by atoms with Gasteiger partial charge in [0.1, 0.15) is 0 Å². The van der Waals surface area contributed by atoms with Crippen molar-refractivity contribution in [3.05, 3.63) is 190 Å². The van der Waals surface area contributed by atoms with Crippen molar-refractivity contribution in [2.75, 3.05) is 9.80 Å². The summed E-state index contributed by atoms with van der Waals surface area (Å²) in [4.78, 5) is 5.62. The molecule has 0 radical (unpaired) electrons. The third-order valence-corrected chi connectivity index (χ3v) is 22.0. The van der Waals surface area contributed by atoms with Gasteiger partial charge in [0.2, 0.25) is 0 Å². The molecule has 2 aromatic heterocycles. The molecule has 1 saturated carbocycles. The fourth-order valence-corrected chi connectivity index (χ4v) is 18.7. The molecule has 0 spiro atoms. The topological polar surface area (TPSA) is 16.3 Å². The quantitative estimate of drug-likeness (QED) is 0.160. The fraction of sp³-hybridized carbons (Fsp3) is 0.324. The number of para-hydroxylation sites is 2. The first-order valence-corrected chi connectivity index (χ1v) is 31.4. The zero-order valence-corrected chi connectivity index (χ0v) is 47.0. The Bertz CT molecular complexity index is 3840. The van der Waals surface area contributed by atoms with Crippen molar-refractivity contribution >= 4 is 86.3 Å². The van der Waals surface area contributed by atoms with Gasteiger partial charge in [0.25, 0.3) is 0 Å². The number of aryl methyl sites for hydroxylation is 1. The van der Waals surface area contributed by atoms with Crippen molar-refractivity contribution in [3.8, 4) is 22.5 Å². The molecule has 4 nitrogen and oxygen atoms in total. The molecular weight excluding hydrogens is 999 g/mol. The Morgan fingerprint density at radius 2 is 1.13 bits per heavy atom. The summed E-state index contributed by atoms with van der Waals surface area (Å²) in [6.07, 6.45) is 21.4. The molecule has 77 heavy (non-hydrogen) atoms. The summed E-state index contributed by atoms with van der Waals surface area (Å²) in [5.41, 5.74) is 30.3. The molecule has 0 amide bonds. The van der Waals surface area contributed by atoms with Gasteiger partial charge < -0.3 is 0 Å². The van der Waals surface area contributed by atoms with Gasteiger partial charge in [-0.25, -0.2) is 0 Å². The molecule has 7 aliphatic rings. The van der Waals surface area contributed by atoms with Crippen LogP contribution < -0.4 is 35.1 Å². The summed E-state index contributed by atoms with van der Waals surface area (Å²) in [7, 11) is 0. The van der Waals surface area contributed by atoms with Gasteiger partial charge in [0, 0.05) is 0 Å². The minimum absolute atomic E-state index is 0.0173. The molecule has 0 bridgehead atoms. The zero-order valence-electron chi connectivity index (χ0n) is 45.3. The molecule has 6 heteroatoms. The van der Waals surface area contributed by atoms with Crippen LogP contribution in [0.15, 0.2) is 146 Å². The van der Waals surface area contributed by atoms with Crippen LogP contribution in [0.1, 0.15) is 142 Å². The van der Waals surface area contributed by atoms with Crippen LogP contribution in [-0.2, 0) is 43.9 Å². The van der Waals surface area contributed by atoms with E-state index in [1.54, 1.807) is 42.6 Å². The van der Waals surface area contributed by atoms with Crippen LogP contribution in [0.3, 0.4) is 0 Å². The van der Waals surface area contributed by atoms with Gasteiger partial charge in [-0.05, 0) is 0 Å². The first-order valence-electron chi connectivity index (χ1n) is 29.7. The van der Waals surface area contributed by atoms with E-state index in [-0.39, 0.29) is 27.1 Å². The Kier molecular flexibility index (Phi) is 10.9. The number of hydrogen-bond acceptors (Lipinski definition) is 2. The van der Waals surface area contributed by atoms with Crippen LogP contribution in [0.25, 0.3) is 33.4 Å². The molecule has 382 valence electrons. The van der Waals surface area contributed by atoms with E-state index in [1.165, 1.54) is 186 Å². The van der Waals surface area contributed by atoms with Gasteiger partial charge in [-0.2, -0.15) is 0 Å². The molecule has 7 aromatic carbocycles. The molecular formula is C71H69BN4Se. The maximum atomic E-state index is 2.85. The van der Waals surface area contributed by atoms with Gasteiger partial charge in [0.15, 0.2) is 0 Å². The molecule has 16 rings (SSSR count). The van der Waals surface area contributed by atoms with Crippen LogP contribution in [0, 0.1) is 0 Å². The Morgan fingerprint density at radius 3 is 1.92 bits per heavy atom. The number of nitrogens with zero attached hydrogens (tertiary/aromatic N) is 4. The summed E-state index contributed by atoms with van der Waals surface area (Å²) in [5.74, 6) is 0.553. The Labute approximate surface area is 462 Å². The number of aromatic nitrogens is 2. The van der Waals surface area contributed by atoms with Crippen molar-refractivity contribution in [1.82, 2.24) is 9.13 Å². The summed E-state index contributed by atoms with van der Waals surface area (Å²) in [6.45, 7) is 7.20. The Hall–Kier alpha value is -6.46. The summed E-state index contributed by atoms with van der Waals surface area (Å²) >= 11 is 0.0713. The van der Waals surface area contributed by atoms with Crippen LogP contribution in [0.5, 0.6) is 0 Å². The first-order chi connectivity index (χ1) is 37.9. The second-order valence-corrected chi connectivity index (χ2v) is 27.2. The monoisotopic (exact) mass is 1070 g/mol. The van der Waals surface area contributed by atoms with E-state index in [2.05, 4.69) is 185 Å². The molecule has 2 atom stereocenters. The van der Waals surface area contributed by atoms with E-state index < -0.39 is 0 Å². The molecule has 2 unspecified atom stereocenters. The average Bonchev–Trinajstić information content (AvgIpc) is 4.14. The number of hydrogen-bond donors (Lipinski definition) is 0. The standard InChI is InChI=1S/C71H69BN4Se/c1-71(2,3)46-34-39-65(56(40-46)45-20-6-4-7-21-45)76-66-41-47(73-59-29-15-10-23-51(59)52-24-11-16-30-60(52)73)35-37-57(66)72-58-38-36-48(74-61-31-17-12-25-53(61)54-26-13-18-32-62(54)74)43-68(58)77-69-44-49(42-67(76)70(69)72)75-63-28-9-5-8-22-50(63)55-27-14-19-33-64(55)75/h4,6-7,10,14-15,19-21,23,27,29,33-44,50,63H,5,8-9,11-13,16-18,22,24-26,28,30-32H2,1-3H3. The molecule has 3 aliphatic heterocycles. The van der Waals surface area contributed by atoms with Crippen molar-refractivity contribution in [2.45, 2.75) is 147 Å². The predicted octanol–water partition coefficient (Wildman–Crippen LogP) is 13.9. The van der Waals surface area contributed by atoms with Gasteiger partial charge in [0.05, 0.1) is 0 Å². The number of anilines is 5. The van der Waals surface area contributed by atoms with Crippen molar-refractivity contribution in [2.24, 2.45) is 0 Å². The Balaban J connectivity index is 0.981. The number of benzene rings is 7. The second-order valence-electron chi connectivity index (χ2n) is 24.9. The van der Waals surface area contributed by atoms with Crippen LogP contribution in [0.4, 0.5) is 28.4 Å². The minimum atomic E-state index is -0.0173. The zero-order chi connectivity index (χ0) is 51.1. The van der Waals surface area contributed by atoms with Gasteiger partial charge in [-0.3, -0.25) is 0 Å². The normalized spacial score (nSPS) is 19.1. The molecule has 4 aliphatic carbocycles. The first kappa shape index (κ1) is 46.6. The van der Waals surface area contributed by atoms with Crippen LogP contribution >= 0.6 is 0 Å². The van der Waals surface area contributed by atoms with Gasteiger partial charge in [-0.15, -0.1) is 0 Å². The average molecular weight is 1070 g/mol. The summed E-state index contributed by atoms with van der Waals surface area (Å²) in [6, 6.07) is 58.9. The van der Waals surface area contributed by atoms with Crippen molar-refractivity contribution < 1.29 is 0 Å². The van der Waals surface area contributed by atoms with Crippen LogP contribution in [0.2, 0.25) is 0 Å². The summed E-state index contributed by atoms with van der Waals surface area (Å²) < 4.78 is 8.56. The van der Waals surface area contributed by atoms with Crippen molar-refractivity contribution in [3.63, 3.8) is 0 Å². The van der Waals surface area contributed by atoms with E-state index in [0.717, 1.165) is 12.8 Å². The third-order valence-electron chi connectivity index (χ3n) is 19.6. The van der Waals surface area contributed by atoms with Gasteiger partial charge >= 0.3 is 466 Å². The van der Waals surface area contributed by atoms with Gasteiger partial charge in [-0.1, -0.05) is 0 Å². The van der Waals surface area contributed by atoms with E-state index in [4.69, 9.17) is 0 Å². The molecule has 0 N–H and O–H groups in total. The van der Waals surface area contributed by atoms with Crippen molar-refractivity contribution in [1.29, 1.82) is 0 Å². The number of fused-ring (bicyclic) bond motifs is 13. The molecule has 9 aromatic rings. The number of rotatable bonds is 5. The van der Waals surface area contributed by atoms with E-state index in [0.29, 0.717) is 12.0 Å². The molecule has 0 saturated heterocycles. The van der Waals surface area contributed by atoms with E-state index in [9.17, 15) is 0 Å². The van der Waals surface area contributed by atoms with E-state index in [1.807, 2.05) is 0 Å². The SMILES string of the molecule is CC(C)(C)c1ccc(N2c3cc(-n4c5c(c6ccccc64)CCCC5)ccc3B3c4ccc(-n5c6c(c7c5CCCC7)CCCC6)cc4[Se]c4cc(N5c6ccccc6C6CCCCCC65)cc2c43)c(-c2ccccc2)c1. The predicted molar refractivity (Wildman–Crippen MR) is 326 cm³/mol.